The van der Waals surface area contributed by atoms with Crippen LogP contribution in [0.5, 0.6) is 0 Å². The predicted molar refractivity (Wildman–Crippen MR) is 108 cm³/mol. The van der Waals surface area contributed by atoms with Gasteiger partial charge in [0.15, 0.2) is 5.69 Å². The van der Waals surface area contributed by atoms with Crippen molar-refractivity contribution in [3.63, 3.8) is 0 Å². The Hall–Kier alpha value is -3.86. The molecular formula is C18H16N8O2S. The molecule has 1 aromatic carbocycles. The summed E-state index contributed by atoms with van der Waals surface area (Å²) in [5.74, 6) is -0.312. The van der Waals surface area contributed by atoms with Crippen molar-refractivity contribution in [2.75, 3.05) is 5.73 Å². The van der Waals surface area contributed by atoms with Gasteiger partial charge in [-0.1, -0.05) is 48.5 Å². The van der Waals surface area contributed by atoms with Gasteiger partial charge in [-0.25, -0.2) is 10.1 Å². The van der Waals surface area contributed by atoms with Gasteiger partial charge in [0.1, 0.15) is 5.69 Å². The number of hydrazone groups is 1. The fraction of sp³-hybridized carbons (Fsp3) is 0.111. The standard InChI is InChI=1S/C18H16N8O2S/c1-2-12(11-7-4-3-5-8-11)20-22-18(27)14-15(13-9-6-10-29-13)26(25-21-14)17-16(19)23-28-24-17/h3-10H,2H2,1H3,(H2,19,23)(H,22,27)/b20-12-. The minimum absolute atomic E-state index is 0.0371. The van der Waals surface area contributed by atoms with Crippen molar-refractivity contribution in [3.8, 4) is 16.4 Å². The van der Waals surface area contributed by atoms with E-state index >= 15 is 0 Å². The Morgan fingerprint density at radius 2 is 2.07 bits per heavy atom. The molecule has 0 aliphatic rings. The third-order valence-electron chi connectivity index (χ3n) is 4.07. The van der Waals surface area contributed by atoms with Gasteiger partial charge in [0.2, 0.25) is 11.6 Å². The van der Waals surface area contributed by atoms with E-state index < -0.39 is 5.91 Å². The molecule has 11 heteroatoms. The van der Waals surface area contributed by atoms with E-state index in [1.54, 1.807) is 0 Å². The van der Waals surface area contributed by atoms with Gasteiger partial charge in [-0.3, -0.25) is 4.79 Å². The topological polar surface area (TPSA) is 137 Å². The third kappa shape index (κ3) is 3.62. The SMILES string of the molecule is CC/C(=N/NC(=O)c1nnn(-c2nonc2N)c1-c1cccs1)c1ccccc1. The van der Waals surface area contributed by atoms with Gasteiger partial charge in [-0.2, -0.15) is 9.78 Å². The normalized spacial score (nSPS) is 11.6. The molecule has 4 aromatic rings. The molecule has 1 amide bonds. The minimum Gasteiger partial charge on any atom is -0.378 e. The van der Waals surface area contributed by atoms with Crippen molar-refractivity contribution in [1.82, 2.24) is 30.7 Å². The summed E-state index contributed by atoms with van der Waals surface area (Å²) >= 11 is 1.42. The average Bonchev–Trinajstić information content (AvgIpc) is 3.49. The van der Waals surface area contributed by atoms with Crippen LogP contribution in [0.3, 0.4) is 0 Å². The zero-order chi connectivity index (χ0) is 20.2. The Balaban J connectivity index is 1.70. The molecule has 0 fully saturated rings. The molecule has 29 heavy (non-hydrogen) atoms. The highest BCUT2D eigenvalue weighted by atomic mass is 32.1. The smallest absolute Gasteiger partial charge is 0.294 e. The van der Waals surface area contributed by atoms with Crippen molar-refractivity contribution in [2.45, 2.75) is 13.3 Å². The Morgan fingerprint density at radius 1 is 1.24 bits per heavy atom. The van der Waals surface area contributed by atoms with E-state index in [1.807, 2.05) is 54.8 Å². The first-order chi connectivity index (χ1) is 14.2. The Morgan fingerprint density at radius 3 is 2.72 bits per heavy atom. The summed E-state index contributed by atoms with van der Waals surface area (Å²) in [6.07, 6.45) is 0.649. The lowest BCUT2D eigenvalue weighted by Gasteiger charge is -2.05. The molecule has 0 bridgehead atoms. The third-order valence-corrected chi connectivity index (χ3v) is 4.95. The number of amides is 1. The van der Waals surface area contributed by atoms with E-state index in [9.17, 15) is 4.79 Å². The highest BCUT2D eigenvalue weighted by Crippen LogP contribution is 2.29. The van der Waals surface area contributed by atoms with E-state index in [0.717, 1.165) is 16.2 Å². The number of hydrogen-bond donors (Lipinski definition) is 2. The zero-order valence-electron chi connectivity index (χ0n) is 15.3. The van der Waals surface area contributed by atoms with Crippen LogP contribution in [0.2, 0.25) is 0 Å². The molecule has 0 atom stereocenters. The van der Waals surface area contributed by atoms with Gasteiger partial charge in [-0.05, 0) is 33.7 Å². The first-order valence-corrected chi connectivity index (χ1v) is 9.57. The number of aromatic nitrogens is 5. The van der Waals surface area contributed by atoms with Crippen LogP contribution in [0, 0.1) is 0 Å². The van der Waals surface area contributed by atoms with Crippen LogP contribution in [0.1, 0.15) is 29.4 Å². The number of carbonyl (C=O) groups is 1. The summed E-state index contributed by atoms with van der Waals surface area (Å²) in [6, 6.07) is 13.3. The zero-order valence-corrected chi connectivity index (χ0v) is 16.1. The summed E-state index contributed by atoms with van der Waals surface area (Å²) in [5.41, 5.74) is 10.5. The fourth-order valence-electron chi connectivity index (χ4n) is 2.70. The van der Waals surface area contributed by atoms with Crippen LogP contribution < -0.4 is 11.2 Å². The maximum Gasteiger partial charge on any atom is 0.294 e. The Labute approximate surface area is 169 Å². The molecule has 0 radical (unpaired) electrons. The molecular weight excluding hydrogens is 392 g/mol. The number of thiophene rings is 1. The number of anilines is 1. The molecule has 0 saturated carbocycles. The first-order valence-electron chi connectivity index (χ1n) is 8.69. The molecule has 3 heterocycles. The molecule has 0 unspecified atom stereocenters. The van der Waals surface area contributed by atoms with Crippen LogP contribution >= 0.6 is 11.3 Å². The second-order valence-electron chi connectivity index (χ2n) is 5.87. The first kappa shape index (κ1) is 18.5. The van der Waals surface area contributed by atoms with Gasteiger partial charge in [0, 0.05) is 0 Å². The van der Waals surface area contributed by atoms with Crippen molar-refractivity contribution in [1.29, 1.82) is 0 Å². The Kier molecular flexibility index (Phi) is 5.12. The number of benzene rings is 1. The quantitative estimate of drug-likeness (QED) is 0.369. The van der Waals surface area contributed by atoms with Crippen LogP contribution in [0.4, 0.5) is 5.82 Å². The number of nitrogens with one attached hydrogen (secondary N) is 1. The van der Waals surface area contributed by atoms with Gasteiger partial charge in [-0.15, -0.1) is 16.4 Å². The highest BCUT2D eigenvalue weighted by Gasteiger charge is 2.25. The molecule has 3 aromatic heterocycles. The maximum atomic E-state index is 12.9. The second-order valence-corrected chi connectivity index (χ2v) is 6.82. The van der Waals surface area contributed by atoms with Crippen molar-refractivity contribution >= 4 is 28.8 Å². The van der Waals surface area contributed by atoms with Crippen molar-refractivity contribution in [3.05, 3.63) is 59.1 Å². The summed E-state index contributed by atoms with van der Waals surface area (Å²) in [5, 5.41) is 21.5. The van der Waals surface area contributed by atoms with Crippen molar-refractivity contribution < 1.29 is 9.42 Å². The van der Waals surface area contributed by atoms with Gasteiger partial charge in [0.05, 0.1) is 10.6 Å². The van der Waals surface area contributed by atoms with Crippen LogP contribution in [-0.2, 0) is 0 Å². The highest BCUT2D eigenvalue weighted by molar-refractivity contribution is 7.13. The monoisotopic (exact) mass is 408 g/mol. The molecule has 4 rings (SSSR count). The fourth-order valence-corrected chi connectivity index (χ4v) is 3.46. The van der Waals surface area contributed by atoms with Gasteiger partial charge < -0.3 is 5.73 Å². The van der Waals surface area contributed by atoms with E-state index in [1.165, 1.54) is 16.0 Å². The predicted octanol–water partition coefficient (Wildman–Crippen LogP) is 2.51. The lowest BCUT2D eigenvalue weighted by atomic mass is 10.1. The average molecular weight is 408 g/mol. The van der Waals surface area contributed by atoms with Crippen LogP contribution in [-0.4, -0.2) is 36.9 Å². The van der Waals surface area contributed by atoms with Crippen molar-refractivity contribution in [2.24, 2.45) is 5.10 Å². The van der Waals surface area contributed by atoms with Crippen LogP contribution in [0.15, 0.2) is 57.6 Å². The number of nitrogens with two attached hydrogens (primary N) is 1. The summed E-state index contributed by atoms with van der Waals surface area (Å²) in [6.45, 7) is 1.96. The van der Waals surface area contributed by atoms with E-state index in [2.05, 4.69) is 35.8 Å². The van der Waals surface area contributed by atoms with E-state index in [4.69, 9.17) is 5.73 Å². The van der Waals surface area contributed by atoms with E-state index in [-0.39, 0.29) is 17.3 Å². The lowest BCUT2D eigenvalue weighted by Crippen LogP contribution is -2.21. The molecule has 0 aliphatic heterocycles. The number of nitrogen functional groups attached to an aromatic ring is 1. The van der Waals surface area contributed by atoms with Gasteiger partial charge >= 0.3 is 0 Å². The number of rotatable bonds is 6. The maximum absolute atomic E-state index is 12.9. The molecule has 146 valence electrons. The lowest BCUT2D eigenvalue weighted by molar-refractivity contribution is 0.0950. The molecule has 0 saturated heterocycles. The number of hydrogen-bond acceptors (Lipinski definition) is 9. The van der Waals surface area contributed by atoms with Crippen LogP contribution in [0.25, 0.3) is 16.4 Å². The second kappa shape index (κ2) is 8.02. The Bertz CT molecular complexity index is 1150. The molecule has 3 N–H and O–H groups in total. The molecule has 0 aliphatic carbocycles. The summed E-state index contributed by atoms with van der Waals surface area (Å²) in [7, 11) is 0. The molecule has 0 spiro atoms. The summed E-state index contributed by atoms with van der Waals surface area (Å²) in [4.78, 5) is 13.6. The molecule has 10 nitrogen and oxygen atoms in total. The minimum atomic E-state index is -0.503. The largest absolute Gasteiger partial charge is 0.378 e. The van der Waals surface area contributed by atoms with Gasteiger partial charge in [0.25, 0.3) is 5.91 Å². The van der Waals surface area contributed by atoms with E-state index in [0.29, 0.717) is 12.1 Å². The number of nitrogens with zero attached hydrogens (tertiary/aromatic N) is 6. The summed E-state index contributed by atoms with van der Waals surface area (Å²) < 4.78 is 5.98. The number of carbonyl (C=O) groups excluding carboxylic acids is 1.